The maximum atomic E-state index is 11.9. The van der Waals surface area contributed by atoms with Gasteiger partial charge in [0, 0.05) is 5.56 Å². The Morgan fingerprint density at radius 2 is 1.81 bits per heavy atom. The van der Waals surface area contributed by atoms with Gasteiger partial charge in [0.2, 0.25) is 5.91 Å². The molecule has 0 bridgehead atoms. The van der Waals surface area contributed by atoms with Crippen LogP contribution in [-0.4, -0.2) is 24.2 Å². The van der Waals surface area contributed by atoms with Gasteiger partial charge < -0.3 is 14.8 Å². The van der Waals surface area contributed by atoms with E-state index < -0.39 is 0 Å². The topological polar surface area (TPSA) is 47.6 Å². The van der Waals surface area contributed by atoms with Crippen molar-refractivity contribution < 1.29 is 14.3 Å². The first kappa shape index (κ1) is 17.5. The summed E-state index contributed by atoms with van der Waals surface area (Å²) < 4.78 is 11.3. The van der Waals surface area contributed by atoms with Crippen LogP contribution >= 0.6 is 0 Å². The second-order valence-electron chi connectivity index (χ2n) is 6.39. The van der Waals surface area contributed by atoms with Gasteiger partial charge in [0.05, 0.1) is 17.7 Å². The minimum absolute atomic E-state index is 0.0566. The number of para-hydroxylation sites is 1. The normalized spacial score (nSPS) is 13.1. The second kappa shape index (κ2) is 7.46. The van der Waals surface area contributed by atoms with E-state index in [-0.39, 0.29) is 30.3 Å². The SMILES string of the molecule is CC(C)Oc1ccccc1C(C)NC(=O)COC(C)(C)C. The van der Waals surface area contributed by atoms with Gasteiger partial charge in [0.15, 0.2) is 0 Å². The summed E-state index contributed by atoms with van der Waals surface area (Å²) in [4.78, 5) is 11.9. The highest BCUT2D eigenvalue weighted by Gasteiger charge is 2.17. The Kier molecular flexibility index (Phi) is 6.21. The molecule has 0 aromatic heterocycles. The zero-order valence-corrected chi connectivity index (χ0v) is 13.9. The van der Waals surface area contributed by atoms with E-state index in [1.807, 2.05) is 65.8 Å². The molecule has 1 amide bonds. The van der Waals surface area contributed by atoms with Gasteiger partial charge in [-0.3, -0.25) is 4.79 Å². The Balaban J connectivity index is 2.67. The fourth-order valence-electron chi connectivity index (χ4n) is 1.84. The van der Waals surface area contributed by atoms with Crippen LogP contribution < -0.4 is 10.1 Å². The predicted molar refractivity (Wildman–Crippen MR) is 84.5 cm³/mol. The second-order valence-corrected chi connectivity index (χ2v) is 6.39. The van der Waals surface area contributed by atoms with Crippen molar-refractivity contribution in [2.45, 2.75) is 59.3 Å². The first-order chi connectivity index (χ1) is 9.69. The summed E-state index contributed by atoms with van der Waals surface area (Å²) in [7, 11) is 0. The molecule has 0 spiro atoms. The van der Waals surface area contributed by atoms with Crippen LogP contribution in [0.2, 0.25) is 0 Å². The van der Waals surface area contributed by atoms with E-state index in [1.54, 1.807) is 0 Å². The Bertz CT molecular complexity index is 463. The lowest BCUT2D eigenvalue weighted by Gasteiger charge is -2.22. The van der Waals surface area contributed by atoms with Crippen molar-refractivity contribution in [3.8, 4) is 5.75 Å². The van der Waals surface area contributed by atoms with E-state index in [2.05, 4.69) is 5.32 Å². The molecule has 0 radical (unpaired) electrons. The largest absolute Gasteiger partial charge is 0.491 e. The summed E-state index contributed by atoms with van der Waals surface area (Å²) in [6.07, 6.45) is 0.0956. The number of nitrogens with one attached hydrogen (secondary N) is 1. The average molecular weight is 293 g/mol. The first-order valence-corrected chi connectivity index (χ1v) is 7.38. The highest BCUT2D eigenvalue weighted by atomic mass is 16.5. The van der Waals surface area contributed by atoms with Crippen LogP contribution in [0.5, 0.6) is 5.75 Å². The van der Waals surface area contributed by atoms with Crippen LogP contribution in [0.1, 0.15) is 53.1 Å². The van der Waals surface area contributed by atoms with E-state index in [1.165, 1.54) is 0 Å². The molecule has 1 rings (SSSR count). The van der Waals surface area contributed by atoms with Crippen molar-refractivity contribution >= 4 is 5.91 Å². The van der Waals surface area contributed by atoms with Crippen molar-refractivity contribution in [1.82, 2.24) is 5.32 Å². The standard InChI is InChI=1S/C17H27NO3/c1-12(2)21-15-10-8-7-9-14(15)13(3)18-16(19)11-20-17(4,5)6/h7-10,12-13H,11H2,1-6H3,(H,18,19). The van der Waals surface area contributed by atoms with Crippen LogP contribution in [0.25, 0.3) is 0 Å². The van der Waals surface area contributed by atoms with Gasteiger partial charge in [-0.25, -0.2) is 0 Å². The first-order valence-electron chi connectivity index (χ1n) is 7.38. The Morgan fingerprint density at radius 3 is 2.38 bits per heavy atom. The molecule has 1 atom stereocenters. The lowest BCUT2D eigenvalue weighted by Crippen LogP contribution is -2.33. The van der Waals surface area contributed by atoms with Gasteiger partial charge in [-0.15, -0.1) is 0 Å². The maximum Gasteiger partial charge on any atom is 0.246 e. The third-order valence-corrected chi connectivity index (χ3v) is 2.76. The monoisotopic (exact) mass is 293 g/mol. The fraction of sp³-hybridized carbons (Fsp3) is 0.588. The van der Waals surface area contributed by atoms with Gasteiger partial charge in [0.1, 0.15) is 12.4 Å². The molecule has 4 heteroatoms. The molecule has 21 heavy (non-hydrogen) atoms. The number of amides is 1. The van der Waals surface area contributed by atoms with Crippen LogP contribution in [0.4, 0.5) is 0 Å². The molecule has 1 aromatic rings. The smallest absolute Gasteiger partial charge is 0.246 e. The molecule has 0 aliphatic rings. The highest BCUT2D eigenvalue weighted by molar-refractivity contribution is 5.77. The number of hydrogen-bond donors (Lipinski definition) is 1. The average Bonchev–Trinajstić information content (AvgIpc) is 2.35. The number of benzene rings is 1. The minimum atomic E-state index is -0.320. The minimum Gasteiger partial charge on any atom is -0.491 e. The van der Waals surface area contributed by atoms with Crippen LogP contribution in [0, 0.1) is 0 Å². The maximum absolute atomic E-state index is 11.9. The van der Waals surface area contributed by atoms with Gasteiger partial charge in [0.25, 0.3) is 0 Å². The van der Waals surface area contributed by atoms with Gasteiger partial charge in [-0.2, -0.15) is 0 Å². The molecule has 1 N–H and O–H groups in total. The van der Waals surface area contributed by atoms with Crippen LogP contribution in [0.3, 0.4) is 0 Å². The molecule has 118 valence electrons. The summed E-state index contributed by atoms with van der Waals surface area (Å²) >= 11 is 0. The van der Waals surface area contributed by atoms with Crippen molar-refractivity contribution in [2.75, 3.05) is 6.61 Å². The zero-order chi connectivity index (χ0) is 16.0. The molecule has 0 saturated carbocycles. The molecule has 0 aliphatic heterocycles. The highest BCUT2D eigenvalue weighted by Crippen LogP contribution is 2.25. The molecule has 0 aliphatic carbocycles. The molecular weight excluding hydrogens is 266 g/mol. The van der Waals surface area contributed by atoms with Crippen molar-refractivity contribution in [2.24, 2.45) is 0 Å². The number of ether oxygens (including phenoxy) is 2. The van der Waals surface area contributed by atoms with Gasteiger partial charge in [-0.1, -0.05) is 18.2 Å². The summed E-state index contributed by atoms with van der Waals surface area (Å²) in [6.45, 7) is 11.7. The summed E-state index contributed by atoms with van der Waals surface area (Å²) in [5.41, 5.74) is 0.648. The summed E-state index contributed by atoms with van der Waals surface area (Å²) in [5.74, 6) is 0.675. The third-order valence-electron chi connectivity index (χ3n) is 2.76. The van der Waals surface area contributed by atoms with E-state index >= 15 is 0 Å². The van der Waals surface area contributed by atoms with Crippen LogP contribution in [0.15, 0.2) is 24.3 Å². The van der Waals surface area contributed by atoms with Crippen molar-refractivity contribution in [1.29, 1.82) is 0 Å². The lowest BCUT2D eigenvalue weighted by atomic mass is 10.1. The Morgan fingerprint density at radius 1 is 1.19 bits per heavy atom. The van der Waals surface area contributed by atoms with E-state index in [0.717, 1.165) is 11.3 Å². The fourth-order valence-corrected chi connectivity index (χ4v) is 1.84. The Hall–Kier alpha value is -1.55. The number of carbonyl (C=O) groups excluding carboxylic acids is 1. The van der Waals surface area contributed by atoms with Gasteiger partial charge >= 0.3 is 0 Å². The molecule has 4 nitrogen and oxygen atoms in total. The molecule has 0 saturated heterocycles. The lowest BCUT2D eigenvalue weighted by molar-refractivity contribution is -0.131. The number of carbonyl (C=O) groups is 1. The molecule has 0 heterocycles. The summed E-state index contributed by atoms with van der Waals surface area (Å²) in [6, 6.07) is 7.63. The number of hydrogen-bond acceptors (Lipinski definition) is 3. The molecule has 1 aromatic carbocycles. The molecular formula is C17H27NO3. The van der Waals surface area contributed by atoms with E-state index in [9.17, 15) is 4.79 Å². The molecule has 1 unspecified atom stereocenters. The predicted octanol–water partition coefficient (Wildman–Crippen LogP) is 3.47. The van der Waals surface area contributed by atoms with Crippen molar-refractivity contribution in [3.05, 3.63) is 29.8 Å². The third kappa shape index (κ3) is 6.63. The van der Waals surface area contributed by atoms with Gasteiger partial charge in [-0.05, 0) is 47.6 Å². The molecule has 0 fully saturated rings. The zero-order valence-electron chi connectivity index (χ0n) is 13.9. The van der Waals surface area contributed by atoms with E-state index in [0.29, 0.717) is 0 Å². The van der Waals surface area contributed by atoms with Crippen LogP contribution in [-0.2, 0) is 9.53 Å². The summed E-state index contributed by atoms with van der Waals surface area (Å²) in [5, 5.41) is 2.94. The number of rotatable bonds is 6. The Labute approximate surface area is 127 Å². The van der Waals surface area contributed by atoms with E-state index in [4.69, 9.17) is 9.47 Å². The quantitative estimate of drug-likeness (QED) is 0.873. The van der Waals surface area contributed by atoms with Crippen molar-refractivity contribution in [3.63, 3.8) is 0 Å².